The fraction of sp³-hybridized carbons (Fsp3) is 0.500. The zero-order valence-corrected chi connectivity index (χ0v) is 21.1. The minimum atomic E-state index is -0.499. The highest BCUT2D eigenvalue weighted by Gasteiger charge is 2.53. The zero-order valence-electron chi connectivity index (χ0n) is 21.1. The number of piperazine rings is 1. The van der Waals surface area contributed by atoms with Crippen LogP contribution in [0.15, 0.2) is 53.6 Å². The summed E-state index contributed by atoms with van der Waals surface area (Å²) in [6.07, 6.45) is 1.64. The Balaban J connectivity index is 1.15. The van der Waals surface area contributed by atoms with Crippen LogP contribution >= 0.6 is 0 Å². The van der Waals surface area contributed by atoms with Crippen molar-refractivity contribution in [1.82, 2.24) is 24.3 Å². The molecule has 1 aromatic carbocycles. The largest absolute Gasteiger partial charge is 0.370 e. The van der Waals surface area contributed by atoms with E-state index in [-0.39, 0.29) is 11.8 Å². The molecule has 0 radical (unpaired) electrons. The first kappa shape index (κ1) is 24.5. The Morgan fingerprint density at radius 2 is 1.69 bits per heavy atom. The van der Waals surface area contributed by atoms with Crippen molar-refractivity contribution in [2.24, 2.45) is 23.3 Å². The van der Waals surface area contributed by atoms with Crippen LogP contribution in [-0.4, -0.2) is 81.1 Å². The van der Waals surface area contributed by atoms with Gasteiger partial charge in [0.15, 0.2) is 0 Å². The number of nitrogens with two attached hydrogens (primary N) is 2. The third-order valence-corrected chi connectivity index (χ3v) is 7.69. The molecule has 2 aromatic rings. The van der Waals surface area contributed by atoms with E-state index in [1.54, 1.807) is 17.2 Å². The summed E-state index contributed by atoms with van der Waals surface area (Å²) in [6.45, 7) is 13.4. The van der Waals surface area contributed by atoms with Gasteiger partial charge in [0.2, 0.25) is 0 Å². The average molecular weight is 493 g/mol. The molecule has 3 fully saturated rings. The summed E-state index contributed by atoms with van der Waals surface area (Å²) >= 11 is 0. The average Bonchev–Trinajstić information content (AvgIpc) is 3.23. The van der Waals surface area contributed by atoms with Gasteiger partial charge >= 0.3 is 11.7 Å². The lowest BCUT2D eigenvalue weighted by Crippen LogP contribution is -2.53. The van der Waals surface area contributed by atoms with Gasteiger partial charge in [-0.15, -0.1) is 0 Å². The molecular weight excluding hydrogens is 456 g/mol. The van der Waals surface area contributed by atoms with Crippen LogP contribution in [0.5, 0.6) is 0 Å². The van der Waals surface area contributed by atoms with E-state index in [9.17, 15) is 9.59 Å². The predicted molar refractivity (Wildman–Crippen MR) is 140 cm³/mol. The summed E-state index contributed by atoms with van der Waals surface area (Å²) in [5.41, 5.74) is 14.0. The van der Waals surface area contributed by atoms with Gasteiger partial charge in [0.05, 0.1) is 5.69 Å². The number of carbonyl (C=O) groups excluding carboxylic acids is 1. The van der Waals surface area contributed by atoms with Crippen LogP contribution in [0.3, 0.4) is 0 Å². The van der Waals surface area contributed by atoms with Crippen LogP contribution in [0.4, 0.5) is 10.6 Å². The fourth-order valence-corrected chi connectivity index (χ4v) is 5.25. The van der Waals surface area contributed by atoms with Gasteiger partial charge < -0.3 is 21.3 Å². The van der Waals surface area contributed by atoms with E-state index >= 15 is 0 Å². The number of fused-ring (bicyclic) bond motifs is 1. The number of amides is 2. The maximum atomic E-state index is 12.7. The highest BCUT2D eigenvalue weighted by molar-refractivity contribution is 5.88. The van der Waals surface area contributed by atoms with Gasteiger partial charge in [-0.2, -0.15) is 4.98 Å². The molecule has 0 bridgehead atoms. The Bertz CT molecular complexity index is 1180. The molecule has 36 heavy (non-hydrogen) atoms. The molecule has 10 nitrogen and oxygen atoms in total. The van der Waals surface area contributed by atoms with E-state index in [2.05, 4.69) is 26.7 Å². The predicted octanol–water partition coefficient (Wildman–Crippen LogP) is 1.02. The fourth-order valence-electron chi connectivity index (χ4n) is 5.25. The number of piperidine rings is 1. The molecule has 2 saturated heterocycles. The molecular formula is C26H36N8O2. The molecule has 1 aliphatic carbocycles. The Morgan fingerprint density at radius 1 is 1.08 bits per heavy atom. The van der Waals surface area contributed by atoms with Crippen molar-refractivity contribution in [2.75, 3.05) is 44.6 Å². The molecule has 2 amide bonds. The van der Waals surface area contributed by atoms with Crippen molar-refractivity contribution in [3.05, 3.63) is 64.9 Å². The number of likely N-dealkylation sites (tertiary alicyclic amines) is 1. The van der Waals surface area contributed by atoms with Gasteiger partial charge in [-0.25, -0.2) is 9.59 Å². The number of nitrogens with zero attached hydrogens (tertiary/aromatic N) is 5. The summed E-state index contributed by atoms with van der Waals surface area (Å²) < 4.78 is 1.47. The highest BCUT2D eigenvalue weighted by Crippen LogP contribution is 2.44. The smallest absolute Gasteiger partial charge is 0.354 e. The van der Waals surface area contributed by atoms with Crippen molar-refractivity contribution in [3.8, 4) is 5.69 Å². The van der Waals surface area contributed by atoms with E-state index in [0.717, 1.165) is 31.0 Å². The summed E-state index contributed by atoms with van der Waals surface area (Å²) in [7, 11) is 0. The topological polar surface area (TPSA) is 126 Å². The van der Waals surface area contributed by atoms with E-state index < -0.39 is 11.2 Å². The van der Waals surface area contributed by atoms with Crippen LogP contribution in [0.25, 0.3) is 5.69 Å². The van der Waals surface area contributed by atoms with Gasteiger partial charge in [-0.05, 0) is 49.4 Å². The second-order valence-electron chi connectivity index (χ2n) is 10.8. The standard InChI is InChI=1S/C26H36N8O2/c1-17(26(2,3)28)32-10-12-33(13-11-32)24(35)29-22-8-9-34(25(36)30-22)19-6-4-18(5-7-19)14-31-15-20-21(16-31)23(20)27/h4-9,20-21,23H,1,10-16,27-28H2,2-3H3,(H,29,30,35,36)/t20-,21+,23?. The van der Waals surface area contributed by atoms with E-state index in [1.165, 1.54) is 10.1 Å². The summed E-state index contributed by atoms with van der Waals surface area (Å²) in [6, 6.07) is 9.70. The van der Waals surface area contributed by atoms with Gasteiger partial charge in [0.25, 0.3) is 0 Å². The number of hydrogen-bond acceptors (Lipinski definition) is 7. The number of anilines is 1. The molecule has 5 N–H and O–H groups in total. The molecule has 2 aliphatic heterocycles. The number of nitrogens with one attached hydrogen (secondary N) is 1. The lowest BCUT2D eigenvalue weighted by molar-refractivity contribution is 0.159. The van der Waals surface area contributed by atoms with Crippen molar-refractivity contribution >= 4 is 11.8 Å². The van der Waals surface area contributed by atoms with Crippen molar-refractivity contribution in [3.63, 3.8) is 0 Å². The second kappa shape index (κ2) is 9.34. The first-order valence-electron chi connectivity index (χ1n) is 12.6. The van der Waals surface area contributed by atoms with Crippen LogP contribution in [-0.2, 0) is 6.54 Å². The minimum Gasteiger partial charge on any atom is -0.370 e. The van der Waals surface area contributed by atoms with Crippen molar-refractivity contribution in [1.29, 1.82) is 0 Å². The number of rotatable bonds is 6. The Morgan fingerprint density at radius 3 is 2.28 bits per heavy atom. The quantitative estimate of drug-likeness (QED) is 0.550. The summed E-state index contributed by atoms with van der Waals surface area (Å²) in [5.74, 6) is 1.57. The monoisotopic (exact) mass is 492 g/mol. The third kappa shape index (κ3) is 5.02. The normalized spacial score (nSPS) is 23.9. The van der Waals surface area contributed by atoms with Gasteiger partial charge in [0, 0.05) is 69.3 Å². The van der Waals surface area contributed by atoms with Crippen LogP contribution in [0.1, 0.15) is 19.4 Å². The van der Waals surface area contributed by atoms with Crippen molar-refractivity contribution in [2.45, 2.75) is 32.0 Å². The van der Waals surface area contributed by atoms with Crippen LogP contribution in [0, 0.1) is 11.8 Å². The number of benzene rings is 1. The van der Waals surface area contributed by atoms with Crippen LogP contribution in [0.2, 0.25) is 0 Å². The van der Waals surface area contributed by atoms with Gasteiger partial charge in [-0.3, -0.25) is 14.8 Å². The first-order chi connectivity index (χ1) is 17.1. The zero-order chi connectivity index (χ0) is 25.6. The highest BCUT2D eigenvalue weighted by atomic mass is 16.2. The maximum absolute atomic E-state index is 12.7. The Labute approximate surface area is 211 Å². The Kier molecular flexibility index (Phi) is 6.36. The first-order valence-corrected chi connectivity index (χ1v) is 12.6. The molecule has 3 atom stereocenters. The Hall–Kier alpha value is -3.21. The number of aromatic nitrogens is 2. The molecule has 1 unspecified atom stereocenters. The molecule has 1 saturated carbocycles. The summed E-state index contributed by atoms with van der Waals surface area (Å²) in [4.78, 5) is 35.7. The second-order valence-corrected chi connectivity index (χ2v) is 10.8. The molecule has 5 rings (SSSR count). The van der Waals surface area contributed by atoms with Crippen molar-refractivity contribution < 1.29 is 4.79 Å². The number of carbonyl (C=O) groups is 1. The van der Waals surface area contributed by atoms with E-state index in [4.69, 9.17) is 11.5 Å². The molecule has 0 spiro atoms. The van der Waals surface area contributed by atoms with E-state index in [1.807, 2.05) is 38.1 Å². The number of urea groups is 1. The van der Waals surface area contributed by atoms with Crippen LogP contribution < -0.4 is 22.5 Å². The van der Waals surface area contributed by atoms with Gasteiger partial charge in [0.1, 0.15) is 5.82 Å². The maximum Gasteiger partial charge on any atom is 0.354 e. The molecule has 3 aliphatic rings. The molecule has 3 heterocycles. The van der Waals surface area contributed by atoms with Gasteiger partial charge in [-0.1, -0.05) is 18.7 Å². The number of hydrogen-bond donors (Lipinski definition) is 3. The molecule has 10 heteroatoms. The molecule has 192 valence electrons. The lowest BCUT2D eigenvalue weighted by Gasteiger charge is -2.40. The summed E-state index contributed by atoms with van der Waals surface area (Å²) in [5, 5.41) is 2.75. The molecule has 1 aromatic heterocycles. The minimum absolute atomic E-state index is 0.235. The van der Waals surface area contributed by atoms with E-state index in [0.29, 0.717) is 44.1 Å². The third-order valence-electron chi connectivity index (χ3n) is 7.69. The lowest BCUT2D eigenvalue weighted by atomic mass is 10.0. The SMILES string of the molecule is C=C(N1CCN(C(=O)Nc2ccn(-c3ccc(CN4C[C@@H]5C(N)[C@@H]5C4)cc3)c(=O)n2)CC1)C(C)(C)N.